The molecule has 0 aromatic carbocycles. The molecule has 2 aromatic heterocycles. The summed E-state index contributed by atoms with van der Waals surface area (Å²) in [6.45, 7) is 3.44. The maximum atomic E-state index is 5.94. The highest BCUT2D eigenvalue weighted by molar-refractivity contribution is 8.13. The molecular formula is C15H20ClN3O2S2. The molecule has 8 heteroatoms. The van der Waals surface area contributed by atoms with Crippen molar-refractivity contribution in [3.63, 3.8) is 0 Å². The first-order valence-corrected chi connectivity index (χ1v) is 9.13. The van der Waals surface area contributed by atoms with Crippen LogP contribution in [0.5, 0.6) is 0 Å². The third-order valence-electron chi connectivity index (χ3n) is 3.35. The van der Waals surface area contributed by atoms with Crippen LogP contribution < -0.4 is 5.73 Å². The molecule has 0 spiro atoms. The smallest absolute Gasteiger partial charge is 0.162 e. The number of amidine groups is 1. The van der Waals surface area contributed by atoms with Crippen molar-refractivity contribution < 1.29 is 9.15 Å². The number of nitrogens with two attached hydrogens (primary N) is 1. The molecule has 23 heavy (non-hydrogen) atoms. The first-order chi connectivity index (χ1) is 10.7. The van der Waals surface area contributed by atoms with E-state index in [4.69, 9.17) is 14.9 Å². The van der Waals surface area contributed by atoms with Crippen LogP contribution in [0.15, 0.2) is 26.9 Å². The Morgan fingerprint density at radius 3 is 3.09 bits per heavy atom. The first kappa shape index (κ1) is 18.3. The molecule has 3 heterocycles. The third kappa shape index (κ3) is 5.24. The number of aliphatic imine (C=N–C) groups is 1. The molecule has 1 atom stereocenters. The Balaban J connectivity index is 0.00000192. The van der Waals surface area contributed by atoms with Crippen LogP contribution in [0, 0.1) is 6.92 Å². The molecular weight excluding hydrogens is 354 g/mol. The number of hydrogen-bond donors (Lipinski definition) is 1. The molecule has 0 bridgehead atoms. The molecule has 3 rings (SSSR count). The number of rotatable bonds is 5. The normalized spacial score (nSPS) is 18.1. The van der Waals surface area contributed by atoms with Crippen molar-refractivity contribution in [2.24, 2.45) is 10.7 Å². The van der Waals surface area contributed by atoms with Gasteiger partial charge < -0.3 is 14.9 Å². The van der Waals surface area contributed by atoms with E-state index in [1.165, 1.54) is 11.8 Å². The van der Waals surface area contributed by atoms with E-state index in [9.17, 15) is 0 Å². The molecule has 1 aliphatic rings. The van der Waals surface area contributed by atoms with Crippen molar-refractivity contribution in [3.8, 4) is 10.8 Å². The number of thioether (sulfide) groups is 1. The molecule has 2 aromatic rings. The second-order valence-electron chi connectivity index (χ2n) is 5.16. The van der Waals surface area contributed by atoms with E-state index in [1.807, 2.05) is 24.4 Å². The summed E-state index contributed by atoms with van der Waals surface area (Å²) in [5.74, 6) is 2.43. The van der Waals surface area contributed by atoms with Crippen LogP contribution in [0.1, 0.15) is 24.3 Å². The zero-order valence-corrected chi connectivity index (χ0v) is 15.3. The van der Waals surface area contributed by atoms with Crippen LogP contribution in [-0.2, 0) is 10.5 Å². The summed E-state index contributed by atoms with van der Waals surface area (Å²) in [5, 5.41) is 3.53. The Morgan fingerprint density at radius 2 is 2.39 bits per heavy atom. The van der Waals surface area contributed by atoms with Gasteiger partial charge >= 0.3 is 0 Å². The molecule has 1 saturated heterocycles. The quantitative estimate of drug-likeness (QED) is 0.636. The average Bonchev–Trinajstić information content (AvgIpc) is 3.24. The first-order valence-electron chi connectivity index (χ1n) is 7.26. The van der Waals surface area contributed by atoms with Gasteiger partial charge in [-0.15, -0.1) is 23.7 Å². The predicted molar refractivity (Wildman–Crippen MR) is 98.6 cm³/mol. The lowest BCUT2D eigenvalue weighted by Crippen LogP contribution is -2.14. The molecule has 1 fully saturated rings. The van der Waals surface area contributed by atoms with Crippen LogP contribution in [0.2, 0.25) is 0 Å². The lowest BCUT2D eigenvalue weighted by atomic mass is 10.2. The number of ether oxygens (including phenoxy) is 1. The number of halogens is 1. The van der Waals surface area contributed by atoms with Gasteiger partial charge in [0.05, 0.1) is 18.3 Å². The lowest BCUT2D eigenvalue weighted by Gasteiger charge is -2.05. The highest BCUT2D eigenvalue weighted by atomic mass is 35.5. The Hall–Kier alpha value is -1.02. The molecule has 1 unspecified atom stereocenters. The van der Waals surface area contributed by atoms with Crippen molar-refractivity contribution in [1.29, 1.82) is 0 Å². The maximum Gasteiger partial charge on any atom is 0.162 e. The summed E-state index contributed by atoms with van der Waals surface area (Å²) < 4.78 is 11.1. The second kappa shape index (κ2) is 8.73. The maximum absolute atomic E-state index is 5.94. The number of aromatic nitrogens is 1. The van der Waals surface area contributed by atoms with Gasteiger partial charge in [-0.05, 0) is 31.9 Å². The number of thiazole rings is 1. The highest BCUT2D eigenvalue weighted by Crippen LogP contribution is 2.27. The SMILES string of the molecule is Cc1ccc(-c2nc(CSC(N)=NCC3CCCO3)cs2)o1.Cl. The number of nitrogens with zero attached hydrogens (tertiary/aromatic N) is 2. The summed E-state index contributed by atoms with van der Waals surface area (Å²) in [4.78, 5) is 8.95. The number of furan rings is 1. The van der Waals surface area contributed by atoms with Gasteiger partial charge in [0.2, 0.25) is 0 Å². The van der Waals surface area contributed by atoms with Crippen molar-refractivity contribution in [2.45, 2.75) is 31.6 Å². The molecule has 0 amide bonds. The lowest BCUT2D eigenvalue weighted by molar-refractivity contribution is 0.118. The van der Waals surface area contributed by atoms with Crippen LogP contribution in [0.25, 0.3) is 10.8 Å². The van der Waals surface area contributed by atoms with Gasteiger partial charge in [0.25, 0.3) is 0 Å². The van der Waals surface area contributed by atoms with Crippen molar-refractivity contribution in [1.82, 2.24) is 4.98 Å². The highest BCUT2D eigenvalue weighted by Gasteiger charge is 2.14. The van der Waals surface area contributed by atoms with E-state index in [1.54, 1.807) is 11.3 Å². The van der Waals surface area contributed by atoms with Gasteiger partial charge in [0.1, 0.15) is 5.76 Å². The largest absolute Gasteiger partial charge is 0.459 e. The zero-order chi connectivity index (χ0) is 15.4. The molecule has 1 aliphatic heterocycles. The van der Waals surface area contributed by atoms with Gasteiger partial charge in [-0.2, -0.15) is 0 Å². The van der Waals surface area contributed by atoms with Gasteiger partial charge in [-0.25, -0.2) is 4.98 Å². The minimum Gasteiger partial charge on any atom is -0.459 e. The van der Waals surface area contributed by atoms with Crippen LogP contribution in [0.4, 0.5) is 0 Å². The minimum atomic E-state index is 0. The van der Waals surface area contributed by atoms with Crippen molar-refractivity contribution in [3.05, 3.63) is 29.0 Å². The molecule has 0 aliphatic carbocycles. The molecule has 2 N–H and O–H groups in total. The number of aryl methyl sites for hydroxylation is 1. The molecule has 0 radical (unpaired) electrons. The Bertz CT molecular complexity index is 651. The Kier molecular flexibility index (Phi) is 6.95. The van der Waals surface area contributed by atoms with Crippen LogP contribution in [0.3, 0.4) is 0 Å². The Morgan fingerprint density at radius 1 is 1.52 bits per heavy atom. The summed E-state index contributed by atoms with van der Waals surface area (Å²) >= 11 is 3.09. The fourth-order valence-corrected chi connectivity index (χ4v) is 3.70. The van der Waals surface area contributed by atoms with Crippen molar-refractivity contribution in [2.75, 3.05) is 13.2 Å². The summed E-state index contributed by atoms with van der Waals surface area (Å²) in [6, 6.07) is 3.89. The van der Waals surface area contributed by atoms with E-state index < -0.39 is 0 Å². The van der Waals surface area contributed by atoms with E-state index in [0.29, 0.717) is 11.7 Å². The summed E-state index contributed by atoms with van der Waals surface area (Å²) in [5.41, 5.74) is 6.93. The van der Waals surface area contributed by atoms with Crippen molar-refractivity contribution >= 4 is 40.7 Å². The van der Waals surface area contributed by atoms with E-state index in [2.05, 4.69) is 9.98 Å². The van der Waals surface area contributed by atoms with Gasteiger partial charge in [-0.1, -0.05) is 11.8 Å². The zero-order valence-electron chi connectivity index (χ0n) is 12.9. The van der Waals surface area contributed by atoms with E-state index in [0.717, 1.165) is 47.4 Å². The number of hydrogen-bond acceptors (Lipinski definition) is 6. The molecule has 0 saturated carbocycles. The summed E-state index contributed by atoms with van der Waals surface area (Å²) in [7, 11) is 0. The topological polar surface area (TPSA) is 73.6 Å². The molecule has 5 nitrogen and oxygen atoms in total. The molecule has 126 valence electrons. The van der Waals surface area contributed by atoms with Crippen LogP contribution in [-0.4, -0.2) is 29.4 Å². The standard InChI is InChI=1S/C15H19N3O2S2.ClH/c1-10-4-5-13(20-10)14-18-11(8-21-14)9-22-15(16)17-7-12-3-2-6-19-12;/h4-5,8,12H,2-3,6-7,9H2,1H3,(H2,16,17);1H. The van der Waals surface area contributed by atoms with E-state index >= 15 is 0 Å². The minimum absolute atomic E-state index is 0. The predicted octanol–water partition coefficient (Wildman–Crippen LogP) is 3.86. The fourth-order valence-electron chi connectivity index (χ4n) is 2.21. The average molecular weight is 374 g/mol. The van der Waals surface area contributed by atoms with Gasteiger partial charge in [0, 0.05) is 17.7 Å². The van der Waals surface area contributed by atoms with E-state index in [-0.39, 0.29) is 18.5 Å². The van der Waals surface area contributed by atoms with Crippen LogP contribution >= 0.6 is 35.5 Å². The summed E-state index contributed by atoms with van der Waals surface area (Å²) in [6.07, 6.45) is 2.45. The second-order valence-corrected chi connectivity index (χ2v) is 7.01. The fraction of sp³-hybridized carbons (Fsp3) is 0.467. The van der Waals surface area contributed by atoms with Gasteiger partial charge in [-0.3, -0.25) is 4.99 Å². The van der Waals surface area contributed by atoms with Gasteiger partial charge in [0.15, 0.2) is 15.9 Å². The third-order valence-corrected chi connectivity index (χ3v) is 5.12. The monoisotopic (exact) mass is 373 g/mol. The Labute approximate surface area is 150 Å².